The van der Waals surface area contributed by atoms with Crippen LogP contribution in [0.2, 0.25) is 0 Å². The molecular weight excluding hydrogens is 274 g/mol. The summed E-state index contributed by atoms with van der Waals surface area (Å²) < 4.78 is 5.19. The summed E-state index contributed by atoms with van der Waals surface area (Å²) in [6, 6.07) is 7.41. The van der Waals surface area contributed by atoms with Crippen LogP contribution < -0.4 is 5.32 Å². The second kappa shape index (κ2) is 6.73. The minimum atomic E-state index is 0.470. The van der Waals surface area contributed by atoms with Crippen LogP contribution in [0.25, 0.3) is 11.5 Å². The van der Waals surface area contributed by atoms with Crippen molar-refractivity contribution in [2.75, 3.05) is 6.26 Å². The van der Waals surface area contributed by atoms with E-state index in [0.29, 0.717) is 22.6 Å². The van der Waals surface area contributed by atoms with Crippen molar-refractivity contribution in [2.24, 2.45) is 4.99 Å². The molecule has 0 aliphatic rings. The van der Waals surface area contributed by atoms with E-state index in [-0.39, 0.29) is 0 Å². The molecule has 1 aromatic carbocycles. The molecule has 2 rings (SSSR count). The molecule has 0 saturated heterocycles. The van der Waals surface area contributed by atoms with Gasteiger partial charge in [0.1, 0.15) is 0 Å². The molecule has 102 valence electrons. The van der Waals surface area contributed by atoms with Gasteiger partial charge in [-0.2, -0.15) is 10.2 Å². The van der Waals surface area contributed by atoms with Gasteiger partial charge in [-0.1, -0.05) is 29.9 Å². The second-order valence-corrected chi connectivity index (χ2v) is 4.57. The van der Waals surface area contributed by atoms with Crippen molar-refractivity contribution < 1.29 is 4.52 Å². The van der Waals surface area contributed by atoms with Crippen molar-refractivity contribution >= 4 is 22.6 Å². The lowest BCUT2D eigenvalue weighted by Crippen LogP contribution is -2.12. The lowest BCUT2D eigenvalue weighted by atomic mass is 10.2. The fourth-order valence-electron chi connectivity index (χ4n) is 1.51. The smallest absolute Gasteiger partial charge is 0.257 e. The molecule has 0 fully saturated rings. The quantitative estimate of drug-likeness (QED) is 0.404. The maximum atomic E-state index is 8.62. The van der Waals surface area contributed by atoms with Gasteiger partial charge in [0.15, 0.2) is 17.2 Å². The Hall–Kier alpha value is -2.33. The highest BCUT2D eigenvalue weighted by Crippen LogP contribution is 2.23. The van der Waals surface area contributed by atoms with E-state index in [9.17, 15) is 0 Å². The normalized spacial score (nSPS) is 11.2. The predicted molar refractivity (Wildman–Crippen MR) is 78.5 cm³/mol. The third-order valence-electron chi connectivity index (χ3n) is 2.46. The summed E-state index contributed by atoms with van der Waals surface area (Å²) >= 11 is 1.36. The average molecular weight is 287 g/mol. The zero-order chi connectivity index (χ0) is 14.4. The summed E-state index contributed by atoms with van der Waals surface area (Å²) in [4.78, 5) is 8.61. The Bertz CT molecular complexity index is 659. The van der Waals surface area contributed by atoms with E-state index in [1.165, 1.54) is 11.8 Å². The van der Waals surface area contributed by atoms with Crippen molar-refractivity contribution in [1.82, 2.24) is 15.5 Å². The van der Waals surface area contributed by atoms with Gasteiger partial charge in [0.2, 0.25) is 0 Å². The molecule has 6 nitrogen and oxygen atoms in total. The van der Waals surface area contributed by atoms with Crippen LogP contribution in [0.3, 0.4) is 0 Å². The molecule has 0 atom stereocenters. The molecule has 2 aromatic rings. The van der Waals surface area contributed by atoms with Gasteiger partial charge in [-0.3, -0.25) is 5.32 Å². The van der Waals surface area contributed by atoms with Crippen LogP contribution in [0.15, 0.2) is 33.8 Å². The average Bonchev–Trinajstić information content (AvgIpc) is 2.96. The van der Waals surface area contributed by atoms with Crippen LogP contribution in [0.4, 0.5) is 5.69 Å². The molecule has 1 aromatic heterocycles. The number of nitrogens with one attached hydrogen (secondary N) is 1. The number of aryl methyl sites for hydroxylation is 1. The van der Waals surface area contributed by atoms with Crippen LogP contribution in [-0.2, 0) is 6.42 Å². The molecular formula is C13H13N5OS. The van der Waals surface area contributed by atoms with Gasteiger partial charge in [-0.05, 0) is 24.5 Å². The van der Waals surface area contributed by atoms with Gasteiger partial charge in [0.25, 0.3) is 5.89 Å². The van der Waals surface area contributed by atoms with E-state index in [2.05, 4.69) is 20.4 Å². The van der Waals surface area contributed by atoms with Gasteiger partial charge >= 0.3 is 0 Å². The summed E-state index contributed by atoms with van der Waals surface area (Å²) in [5.41, 5.74) is 1.52. The third-order valence-corrected chi connectivity index (χ3v) is 3.04. The van der Waals surface area contributed by atoms with Crippen LogP contribution in [-0.4, -0.2) is 21.6 Å². The number of aliphatic imine (C=N–C) groups is 1. The van der Waals surface area contributed by atoms with Gasteiger partial charge in [0.05, 0.1) is 5.69 Å². The summed E-state index contributed by atoms with van der Waals surface area (Å²) in [6.07, 6.45) is 4.43. The van der Waals surface area contributed by atoms with Crippen molar-refractivity contribution in [3.05, 3.63) is 30.1 Å². The Balaban J connectivity index is 2.30. The Morgan fingerprint density at radius 1 is 1.55 bits per heavy atom. The zero-order valence-corrected chi connectivity index (χ0v) is 11.9. The monoisotopic (exact) mass is 287 g/mol. The highest BCUT2D eigenvalue weighted by Gasteiger charge is 2.08. The number of rotatable bonds is 3. The summed E-state index contributed by atoms with van der Waals surface area (Å²) in [7, 11) is 0. The van der Waals surface area contributed by atoms with Crippen molar-refractivity contribution in [3.8, 4) is 17.6 Å². The standard InChI is InChI=1S/C13H13N5OS/c1-3-11-17-12(19-18-11)9-5-4-6-10(7-9)16-13(20-2)15-8-14/h4-7H,3H2,1-2H3,(H,15,16). The number of hydrogen-bond donors (Lipinski definition) is 1. The summed E-state index contributed by atoms with van der Waals surface area (Å²) in [5, 5.41) is 15.5. The number of thioether (sulfide) groups is 1. The Kier molecular flexibility index (Phi) is 4.74. The van der Waals surface area contributed by atoms with Gasteiger partial charge in [-0.25, -0.2) is 4.99 Å². The molecule has 0 saturated carbocycles. The lowest BCUT2D eigenvalue weighted by molar-refractivity contribution is 0.423. The van der Waals surface area contributed by atoms with E-state index in [4.69, 9.17) is 9.78 Å². The predicted octanol–water partition coefficient (Wildman–Crippen LogP) is 2.72. The Labute approximate surface area is 120 Å². The van der Waals surface area contributed by atoms with Crippen LogP contribution >= 0.6 is 11.8 Å². The number of nitrogens with zero attached hydrogens (tertiary/aromatic N) is 4. The van der Waals surface area contributed by atoms with E-state index in [1.54, 1.807) is 0 Å². The highest BCUT2D eigenvalue weighted by molar-refractivity contribution is 8.13. The van der Waals surface area contributed by atoms with E-state index in [0.717, 1.165) is 12.0 Å². The molecule has 0 aliphatic heterocycles. The second-order valence-electron chi connectivity index (χ2n) is 3.78. The van der Waals surface area contributed by atoms with Crippen molar-refractivity contribution in [2.45, 2.75) is 13.3 Å². The molecule has 20 heavy (non-hydrogen) atoms. The number of amidine groups is 1. The van der Waals surface area contributed by atoms with Crippen LogP contribution in [0, 0.1) is 11.5 Å². The van der Waals surface area contributed by atoms with E-state index < -0.39 is 0 Å². The molecule has 0 unspecified atom stereocenters. The number of nitriles is 1. The number of aromatic nitrogens is 2. The van der Waals surface area contributed by atoms with Gasteiger partial charge < -0.3 is 4.52 Å². The number of hydrogen-bond acceptors (Lipinski definition) is 6. The minimum absolute atomic E-state index is 0.470. The topological polar surface area (TPSA) is 87.1 Å². The Morgan fingerprint density at radius 2 is 2.40 bits per heavy atom. The van der Waals surface area contributed by atoms with Gasteiger partial charge in [0, 0.05) is 12.0 Å². The first kappa shape index (κ1) is 14.1. The number of benzene rings is 1. The molecule has 0 radical (unpaired) electrons. The molecule has 0 aliphatic carbocycles. The lowest BCUT2D eigenvalue weighted by Gasteiger charge is -2.00. The summed E-state index contributed by atoms with van der Waals surface area (Å²) in [6.45, 7) is 1.97. The molecule has 0 amide bonds. The molecule has 7 heteroatoms. The SMILES string of the molecule is CCc1noc(-c2cccc(N=C(NC#N)SC)c2)n1. The van der Waals surface area contributed by atoms with Gasteiger partial charge in [-0.15, -0.1) is 0 Å². The molecule has 1 N–H and O–H groups in total. The fraction of sp³-hybridized carbons (Fsp3) is 0.231. The van der Waals surface area contributed by atoms with Crippen molar-refractivity contribution in [3.63, 3.8) is 0 Å². The molecule has 0 bridgehead atoms. The van der Waals surface area contributed by atoms with E-state index in [1.807, 2.05) is 43.6 Å². The molecule has 1 heterocycles. The first-order chi connectivity index (χ1) is 9.76. The maximum absolute atomic E-state index is 8.62. The van der Waals surface area contributed by atoms with Crippen molar-refractivity contribution in [1.29, 1.82) is 5.26 Å². The fourth-order valence-corrected chi connectivity index (χ4v) is 1.86. The first-order valence-corrected chi connectivity index (χ1v) is 7.20. The van der Waals surface area contributed by atoms with Crippen LogP contribution in [0.5, 0.6) is 0 Å². The van der Waals surface area contributed by atoms with E-state index >= 15 is 0 Å². The Morgan fingerprint density at radius 3 is 3.05 bits per heavy atom. The summed E-state index contributed by atoms with van der Waals surface area (Å²) in [5.74, 6) is 1.14. The zero-order valence-electron chi connectivity index (χ0n) is 11.1. The maximum Gasteiger partial charge on any atom is 0.257 e. The first-order valence-electron chi connectivity index (χ1n) is 5.97. The van der Waals surface area contributed by atoms with Crippen LogP contribution in [0.1, 0.15) is 12.7 Å². The minimum Gasteiger partial charge on any atom is -0.334 e. The molecule has 0 spiro atoms. The highest BCUT2D eigenvalue weighted by atomic mass is 32.2. The third kappa shape index (κ3) is 3.36. The largest absolute Gasteiger partial charge is 0.334 e.